The minimum Gasteiger partial charge on any atom is -0.490 e. The number of nitrogens with two attached hydrogens (primary N) is 2. The SMILES string of the molecule is NC1=N[C@@H](CN2C(=O)CCC2=O)[C@@H]2[NH+]=C(N)N[C@]23N1CC(NC(=O)c1cccc2c1OCCCO2)C3(O)O. The van der Waals surface area contributed by atoms with Crippen LogP contribution in [0.25, 0.3) is 0 Å². The zero-order valence-electron chi connectivity index (χ0n) is 20.3. The van der Waals surface area contributed by atoms with Crippen LogP contribution in [0.3, 0.4) is 0 Å². The number of nitrogens with one attached hydrogen (secondary N) is 3. The van der Waals surface area contributed by atoms with E-state index in [4.69, 9.17) is 20.9 Å². The Morgan fingerprint density at radius 2 is 1.95 bits per heavy atom. The number of carbonyl (C=O) groups is 3. The van der Waals surface area contributed by atoms with Crippen LogP contribution in [0.1, 0.15) is 29.6 Å². The van der Waals surface area contributed by atoms with E-state index < -0.39 is 35.5 Å². The fourth-order valence-electron chi connectivity index (χ4n) is 5.94. The molecule has 15 heteroatoms. The van der Waals surface area contributed by atoms with Crippen molar-refractivity contribution >= 4 is 29.6 Å². The average Bonchev–Trinajstić information content (AvgIpc) is 3.37. The van der Waals surface area contributed by atoms with Gasteiger partial charge in [0.1, 0.15) is 12.1 Å². The summed E-state index contributed by atoms with van der Waals surface area (Å²) < 4.78 is 11.4. The molecule has 1 aromatic carbocycles. The normalized spacial score (nSPS) is 31.2. The number of rotatable bonds is 4. The summed E-state index contributed by atoms with van der Waals surface area (Å²) in [5, 5.41) is 28.8. The smallest absolute Gasteiger partial charge is 0.343 e. The Kier molecular flexibility index (Phi) is 5.39. The lowest BCUT2D eigenvalue weighted by Crippen LogP contribution is -2.90. The molecule has 0 aliphatic carbocycles. The van der Waals surface area contributed by atoms with Gasteiger partial charge in [-0.15, -0.1) is 0 Å². The second kappa shape index (κ2) is 8.46. The molecule has 6 rings (SSSR count). The van der Waals surface area contributed by atoms with Crippen LogP contribution in [0.2, 0.25) is 0 Å². The number of hydrogen-bond acceptors (Lipinski definition) is 12. The molecule has 5 aliphatic rings. The predicted octanol–water partition coefficient (Wildman–Crippen LogP) is -5.15. The summed E-state index contributed by atoms with van der Waals surface area (Å²) in [6.45, 7) is 0.555. The predicted molar refractivity (Wildman–Crippen MR) is 128 cm³/mol. The summed E-state index contributed by atoms with van der Waals surface area (Å²) in [7, 11) is 0. The number of para-hydroxylation sites is 1. The van der Waals surface area contributed by atoms with Gasteiger partial charge in [-0.25, -0.2) is 10.3 Å². The van der Waals surface area contributed by atoms with Crippen molar-refractivity contribution in [2.75, 3.05) is 26.3 Å². The summed E-state index contributed by atoms with van der Waals surface area (Å²) in [6, 6.07) is 1.86. The maximum Gasteiger partial charge on any atom is 0.343 e. The fraction of sp³-hybridized carbons (Fsp3) is 0.522. The van der Waals surface area contributed by atoms with Crippen LogP contribution in [-0.4, -0.2) is 106 Å². The average molecular weight is 530 g/mol. The third kappa shape index (κ3) is 3.38. The second-order valence-corrected chi connectivity index (χ2v) is 9.93. The summed E-state index contributed by atoms with van der Waals surface area (Å²) in [5.41, 5.74) is 10.8. The molecule has 5 heterocycles. The maximum atomic E-state index is 13.4. The Morgan fingerprint density at radius 3 is 2.71 bits per heavy atom. The molecule has 0 aromatic heterocycles. The lowest BCUT2D eigenvalue weighted by atomic mass is 9.84. The highest BCUT2D eigenvalue weighted by Gasteiger charge is 2.76. The minimum absolute atomic E-state index is 0.0207. The highest BCUT2D eigenvalue weighted by molar-refractivity contribution is 6.02. The van der Waals surface area contributed by atoms with Crippen molar-refractivity contribution in [3.8, 4) is 11.5 Å². The van der Waals surface area contributed by atoms with E-state index in [9.17, 15) is 24.6 Å². The molecule has 1 spiro atoms. The Labute approximate surface area is 216 Å². The largest absolute Gasteiger partial charge is 0.490 e. The number of imide groups is 1. The molecule has 5 aliphatic heterocycles. The number of benzene rings is 1. The molecule has 2 saturated heterocycles. The van der Waals surface area contributed by atoms with Gasteiger partial charge in [-0.2, -0.15) is 0 Å². The van der Waals surface area contributed by atoms with Crippen LogP contribution >= 0.6 is 0 Å². The maximum absolute atomic E-state index is 13.4. The highest BCUT2D eigenvalue weighted by atomic mass is 16.5. The van der Waals surface area contributed by atoms with Gasteiger partial charge in [0.25, 0.3) is 11.6 Å². The van der Waals surface area contributed by atoms with E-state index >= 15 is 0 Å². The highest BCUT2D eigenvalue weighted by Crippen LogP contribution is 2.42. The Morgan fingerprint density at radius 1 is 1.21 bits per heavy atom. The van der Waals surface area contributed by atoms with Crippen LogP contribution in [0.4, 0.5) is 0 Å². The van der Waals surface area contributed by atoms with Crippen molar-refractivity contribution < 1.29 is 39.1 Å². The summed E-state index contributed by atoms with van der Waals surface area (Å²) in [5.74, 6) is -3.28. The van der Waals surface area contributed by atoms with Crippen molar-refractivity contribution in [3.63, 3.8) is 0 Å². The van der Waals surface area contributed by atoms with E-state index in [1.54, 1.807) is 18.2 Å². The quantitative estimate of drug-likeness (QED) is 0.144. The molecule has 0 radical (unpaired) electrons. The minimum atomic E-state index is -2.64. The van der Waals surface area contributed by atoms with Gasteiger partial charge < -0.3 is 30.7 Å². The van der Waals surface area contributed by atoms with Crippen LogP contribution < -0.4 is 36.6 Å². The first-order valence-corrected chi connectivity index (χ1v) is 12.4. The number of aliphatic hydroxyl groups is 2. The number of hydrogen-bond donors (Lipinski definition) is 7. The van der Waals surface area contributed by atoms with Gasteiger partial charge in [0.15, 0.2) is 23.5 Å². The summed E-state index contributed by atoms with van der Waals surface area (Å²) in [4.78, 5) is 47.9. The van der Waals surface area contributed by atoms with E-state index in [2.05, 4.69) is 20.6 Å². The molecule has 38 heavy (non-hydrogen) atoms. The Hall–Kier alpha value is -4.11. The fourth-order valence-corrected chi connectivity index (χ4v) is 5.94. The molecular weight excluding hydrogens is 500 g/mol. The molecule has 4 atom stereocenters. The lowest BCUT2D eigenvalue weighted by Gasteiger charge is -2.46. The number of fused-ring (bicyclic) bond motifs is 1. The number of likely N-dealkylation sites (tertiary alicyclic amines) is 1. The molecule has 9 N–H and O–H groups in total. The Bertz CT molecular complexity index is 1270. The number of carbonyl (C=O) groups excluding carboxylic acids is 3. The Balaban J connectivity index is 1.31. The lowest BCUT2D eigenvalue weighted by molar-refractivity contribution is -0.521. The van der Waals surface area contributed by atoms with Gasteiger partial charge in [0, 0.05) is 19.3 Å². The monoisotopic (exact) mass is 529 g/mol. The zero-order chi connectivity index (χ0) is 26.8. The van der Waals surface area contributed by atoms with E-state index in [0.29, 0.717) is 25.4 Å². The topological polar surface area (TPSA) is 219 Å². The van der Waals surface area contributed by atoms with E-state index in [-0.39, 0.29) is 61.0 Å². The van der Waals surface area contributed by atoms with Gasteiger partial charge in [0.2, 0.25) is 17.6 Å². The number of amides is 3. The molecule has 0 bridgehead atoms. The number of nitrogens with zero attached hydrogens (tertiary/aromatic N) is 3. The molecule has 3 amide bonds. The summed E-state index contributed by atoms with van der Waals surface area (Å²) >= 11 is 0. The molecule has 15 nitrogen and oxygen atoms in total. The zero-order valence-corrected chi connectivity index (χ0v) is 20.3. The summed E-state index contributed by atoms with van der Waals surface area (Å²) in [6.07, 6.45) is 0.851. The van der Waals surface area contributed by atoms with Gasteiger partial charge in [-0.1, -0.05) is 6.07 Å². The number of ether oxygens (including phenoxy) is 2. The molecule has 2 fully saturated rings. The molecule has 1 unspecified atom stereocenters. The molecule has 1 aromatic rings. The van der Waals surface area contributed by atoms with Gasteiger partial charge in [0.05, 0.1) is 31.9 Å². The van der Waals surface area contributed by atoms with E-state index in [0.717, 1.165) is 4.90 Å². The van der Waals surface area contributed by atoms with Gasteiger partial charge in [-0.3, -0.25) is 34.9 Å². The van der Waals surface area contributed by atoms with E-state index in [1.807, 2.05) is 0 Å². The third-order valence-corrected chi connectivity index (χ3v) is 7.73. The van der Waals surface area contributed by atoms with Crippen LogP contribution in [0, 0.1) is 0 Å². The molecule has 202 valence electrons. The van der Waals surface area contributed by atoms with E-state index in [1.165, 1.54) is 4.90 Å². The third-order valence-electron chi connectivity index (χ3n) is 7.73. The van der Waals surface area contributed by atoms with Crippen molar-refractivity contribution in [3.05, 3.63) is 23.8 Å². The van der Waals surface area contributed by atoms with Gasteiger partial charge in [-0.05, 0) is 12.1 Å². The van der Waals surface area contributed by atoms with Gasteiger partial charge >= 0.3 is 5.96 Å². The van der Waals surface area contributed by atoms with Crippen molar-refractivity contribution in [1.29, 1.82) is 0 Å². The number of guanidine groups is 2. The van der Waals surface area contributed by atoms with Crippen molar-refractivity contribution in [1.82, 2.24) is 20.4 Å². The first-order chi connectivity index (χ1) is 18.1. The molecule has 0 saturated carbocycles. The molecular formula is C23H29N8O7+. The first kappa shape index (κ1) is 24.2. The second-order valence-electron chi connectivity index (χ2n) is 9.93. The van der Waals surface area contributed by atoms with Crippen LogP contribution in [0.15, 0.2) is 23.2 Å². The van der Waals surface area contributed by atoms with Crippen LogP contribution in [-0.2, 0) is 9.59 Å². The number of aliphatic imine (C=N–C) groups is 1. The van der Waals surface area contributed by atoms with Crippen LogP contribution in [0.5, 0.6) is 11.5 Å². The van der Waals surface area contributed by atoms with Crippen molar-refractivity contribution in [2.24, 2.45) is 16.5 Å². The standard InChI is InChI=1S/C23H28N8O7/c24-20-28-18-12(9-30-15(32)5-6-16(30)33)26-21(25)31-10-14(23(35,36)22(18,31)29-20)27-19(34)11-3-1-4-13-17(11)38-8-2-7-37-13/h1,3-4,12,14,18,35-36H,2,5-10H2,(H2,25,26)(H,27,34)(H3,24,28,29)/p+1/t12-,14?,18-,22-/m0/s1. The van der Waals surface area contributed by atoms with Crippen molar-refractivity contribution in [2.45, 2.75) is 48.8 Å². The first-order valence-electron chi connectivity index (χ1n) is 12.4.